The Kier molecular flexibility index (Phi) is 2.06. The minimum absolute atomic E-state index is 0.584. The molecule has 0 bridgehead atoms. The molecule has 1 heterocycles. The van der Waals surface area contributed by atoms with Gasteiger partial charge in [-0.3, -0.25) is 0 Å². The van der Waals surface area contributed by atoms with Gasteiger partial charge in [0.1, 0.15) is 0 Å². The molecule has 1 aliphatic carbocycles. The predicted octanol–water partition coefficient (Wildman–Crippen LogP) is 2.76. The molecule has 2 atom stereocenters. The van der Waals surface area contributed by atoms with Gasteiger partial charge in [-0.15, -0.1) is 5.10 Å². The Morgan fingerprint density at radius 1 is 1.19 bits per heavy atom. The van der Waals surface area contributed by atoms with Crippen molar-refractivity contribution in [3.63, 3.8) is 0 Å². The van der Waals surface area contributed by atoms with Crippen LogP contribution in [0.15, 0.2) is 24.3 Å². The van der Waals surface area contributed by atoms with Crippen molar-refractivity contribution in [1.82, 2.24) is 10.2 Å². The number of nitrogens with one attached hydrogen (secondary N) is 1. The largest absolute Gasteiger partial charge is 0.365 e. The molecule has 0 amide bonds. The van der Waals surface area contributed by atoms with Crippen LogP contribution in [0.1, 0.15) is 19.0 Å². The Balaban J connectivity index is 2.07. The zero-order chi connectivity index (χ0) is 11.1. The zero-order valence-corrected chi connectivity index (χ0v) is 9.57. The van der Waals surface area contributed by atoms with Gasteiger partial charge in [0, 0.05) is 16.8 Å². The molecule has 3 nitrogen and oxygen atoms in total. The number of fused-ring (bicyclic) bond motifs is 1. The van der Waals surface area contributed by atoms with E-state index in [0.717, 1.165) is 17.4 Å². The lowest BCUT2D eigenvalue weighted by Crippen LogP contribution is -2.07. The van der Waals surface area contributed by atoms with Gasteiger partial charge >= 0.3 is 0 Å². The third kappa shape index (κ3) is 1.52. The molecule has 3 heteroatoms. The second kappa shape index (κ2) is 3.44. The molecule has 1 aromatic heterocycles. The molecule has 16 heavy (non-hydrogen) atoms. The van der Waals surface area contributed by atoms with Gasteiger partial charge in [0.25, 0.3) is 0 Å². The molecule has 0 spiro atoms. The van der Waals surface area contributed by atoms with Crippen LogP contribution < -0.4 is 5.32 Å². The van der Waals surface area contributed by atoms with Crippen LogP contribution >= 0.6 is 0 Å². The van der Waals surface area contributed by atoms with Crippen molar-refractivity contribution < 1.29 is 0 Å². The highest BCUT2D eigenvalue weighted by atomic mass is 15.2. The molecule has 1 fully saturated rings. The van der Waals surface area contributed by atoms with Crippen LogP contribution in [0.25, 0.3) is 10.8 Å². The molecule has 82 valence electrons. The lowest BCUT2D eigenvalue weighted by atomic mass is 10.1. The predicted molar refractivity (Wildman–Crippen MR) is 65.5 cm³/mol. The fourth-order valence-electron chi connectivity index (χ4n) is 2.04. The molecule has 0 aliphatic heterocycles. The highest BCUT2D eigenvalue weighted by Gasteiger charge is 2.33. The van der Waals surface area contributed by atoms with Gasteiger partial charge in [-0.2, -0.15) is 5.10 Å². The van der Waals surface area contributed by atoms with E-state index in [0.29, 0.717) is 6.04 Å². The van der Waals surface area contributed by atoms with E-state index in [2.05, 4.69) is 34.6 Å². The van der Waals surface area contributed by atoms with E-state index in [-0.39, 0.29) is 0 Å². The Labute approximate surface area is 94.9 Å². The number of nitrogens with zero attached hydrogens (tertiary/aromatic N) is 2. The monoisotopic (exact) mass is 213 g/mol. The summed E-state index contributed by atoms with van der Waals surface area (Å²) < 4.78 is 0. The highest BCUT2D eigenvalue weighted by molar-refractivity contribution is 5.93. The van der Waals surface area contributed by atoms with Gasteiger partial charge in [-0.05, 0) is 19.3 Å². The van der Waals surface area contributed by atoms with Gasteiger partial charge < -0.3 is 5.32 Å². The van der Waals surface area contributed by atoms with Crippen molar-refractivity contribution in [2.24, 2.45) is 5.92 Å². The first kappa shape index (κ1) is 9.58. The smallest absolute Gasteiger partial charge is 0.156 e. The third-order valence-corrected chi connectivity index (χ3v) is 3.30. The van der Waals surface area contributed by atoms with Crippen LogP contribution in [0.4, 0.5) is 5.82 Å². The Morgan fingerprint density at radius 2 is 1.88 bits per heavy atom. The highest BCUT2D eigenvalue weighted by Crippen LogP contribution is 2.34. The van der Waals surface area contributed by atoms with Gasteiger partial charge in [0.05, 0.1) is 5.69 Å². The van der Waals surface area contributed by atoms with Gasteiger partial charge in [0.15, 0.2) is 5.82 Å². The van der Waals surface area contributed by atoms with Crippen LogP contribution in [0.2, 0.25) is 0 Å². The summed E-state index contributed by atoms with van der Waals surface area (Å²) in [6.45, 7) is 4.25. The van der Waals surface area contributed by atoms with E-state index in [9.17, 15) is 0 Å². The quantitative estimate of drug-likeness (QED) is 0.833. The molecule has 0 radical (unpaired) electrons. The molecular formula is C13H15N3. The maximum Gasteiger partial charge on any atom is 0.156 e. The van der Waals surface area contributed by atoms with E-state index >= 15 is 0 Å². The van der Waals surface area contributed by atoms with Gasteiger partial charge in [-0.25, -0.2) is 0 Å². The Morgan fingerprint density at radius 3 is 2.56 bits per heavy atom. The number of hydrogen-bond donors (Lipinski definition) is 1. The molecule has 1 aromatic carbocycles. The summed E-state index contributed by atoms with van der Waals surface area (Å²) in [5.74, 6) is 1.69. The van der Waals surface area contributed by atoms with Crippen LogP contribution in [-0.4, -0.2) is 16.2 Å². The first-order valence-corrected chi connectivity index (χ1v) is 5.74. The normalized spacial score (nSPS) is 23.4. The molecule has 1 N–H and O–H groups in total. The summed E-state index contributed by atoms with van der Waals surface area (Å²) in [5, 5.41) is 14.3. The van der Waals surface area contributed by atoms with E-state index in [4.69, 9.17) is 0 Å². The lowest BCUT2D eigenvalue weighted by molar-refractivity contribution is 0.911. The first-order valence-electron chi connectivity index (χ1n) is 5.74. The Hall–Kier alpha value is -1.64. The number of aryl methyl sites for hydroxylation is 1. The van der Waals surface area contributed by atoms with E-state index in [1.54, 1.807) is 0 Å². The van der Waals surface area contributed by atoms with Crippen LogP contribution in [0.3, 0.4) is 0 Å². The lowest BCUT2D eigenvalue weighted by Gasteiger charge is -2.08. The maximum absolute atomic E-state index is 4.26. The zero-order valence-electron chi connectivity index (χ0n) is 9.57. The average Bonchev–Trinajstić information content (AvgIpc) is 2.99. The summed E-state index contributed by atoms with van der Waals surface area (Å²) in [4.78, 5) is 0. The maximum atomic E-state index is 4.26. The number of hydrogen-bond acceptors (Lipinski definition) is 3. The average molecular weight is 213 g/mol. The fraction of sp³-hybridized carbons (Fsp3) is 0.385. The second-order valence-electron chi connectivity index (χ2n) is 4.64. The molecule has 1 saturated carbocycles. The standard InChI is InChI=1S/C13H15N3/c1-8-7-12(8)14-13-11-6-4-3-5-10(11)9(2)15-16-13/h3-6,8,12H,7H2,1-2H3,(H,14,16). The first-order chi connectivity index (χ1) is 7.75. The summed E-state index contributed by atoms with van der Waals surface area (Å²) >= 11 is 0. The van der Waals surface area contributed by atoms with E-state index in [1.165, 1.54) is 17.2 Å². The van der Waals surface area contributed by atoms with Crippen LogP contribution in [-0.2, 0) is 0 Å². The number of benzene rings is 1. The van der Waals surface area contributed by atoms with E-state index < -0.39 is 0 Å². The second-order valence-corrected chi connectivity index (χ2v) is 4.64. The Bertz CT molecular complexity index is 536. The van der Waals surface area contributed by atoms with Crippen molar-refractivity contribution in [3.05, 3.63) is 30.0 Å². The summed E-state index contributed by atoms with van der Waals surface area (Å²) in [6, 6.07) is 8.87. The minimum Gasteiger partial charge on any atom is -0.365 e. The van der Waals surface area contributed by atoms with Crippen molar-refractivity contribution >= 4 is 16.6 Å². The minimum atomic E-state index is 0.584. The van der Waals surface area contributed by atoms with Crippen molar-refractivity contribution in [3.8, 4) is 0 Å². The topological polar surface area (TPSA) is 37.8 Å². The fourth-order valence-corrected chi connectivity index (χ4v) is 2.04. The van der Waals surface area contributed by atoms with Crippen molar-refractivity contribution in [1.29, 1.82) is 0 Å². The van der Waals surface area contributed by atoms with Crippen LogP contribution in [0, 0.1) is 12.8 Å². The van der Waals surface area contributed by atoms with Crippen LogP contribution in [0.5, 0.6) is 0 Å². The van der Waals surface area contributed by atoms with Crippen molar-refractivity contribution in [2.75, 3.05) is 5.32 Å². The number of anilines is 1. The van der Waals surface area contributed by atoms with E-state index in [1.807, 2.05) is 19.1 Å². The molecular weight excluding hydrogens is 198 g/mol. The van der Waals surface area contributed by atoms with Gasteiger partial charge in [0.2, 0.25) is 0 Å². The number of aromatic nitrogens is 2. The van der Waals surface area contributed by atoms with Crippen molar-refractivity contribution in [2.45, 2.75) is 26.3 Å². The van der Waals surface area contributed by atoms with Gasteiger partial charge in [-0.1, -0.05) is 31.2 Å². The molecule has 2 aromatic rings. The summed E-state index contributed by atoms with van der Waals surface area (Å²) in [7, 11) is 0. The number of rotatable bonds is 2. The molecule has 3 rings (SSSR count). The third-order valence-electron chi connectivity index (χ3n) is 3.30. The molecule has 0 saturated heterocycles. The summed E-state index contributed by atoms with van der Waals surface area (Å²) in [5.41, 5.74) is 0.991. The molecule has 1 aliphatic rings. The SMILES string of the molecule is Cc1nnc(NC2CC2C)c2ccccc12. The summed E-state index contributed by atoms with van der Waals surface area (Å²) in [6.07, 6.45) is 1.24. The molecule has 2 unspecified atom stereocenters.